The van der Waals surface area contributed by atoms with E-state index >= 15 is 0 Å². The molecule has 2 aromatic rings. The van der Waals surface area contributed by atoms with Gasteiger partial charge in [0, 0.05) is 5.69 Å². The molecule has 3 nitrogen and oxygen atoms in total. The van der Waals surface area contributed by atoms with Gasteiger partial charge in [0.2, 0.25) is 0 Å². The van der Waals surface area contributed by atoms with Gasteiger partial charge < -0.3 is 10.1 Å². The maximum atomic E-state index is 12.0. The van der Waals surface area contributed by atoms with Gasteiger partial charge >= 0.3 is 0 Å². The largest absolute Gasteiger partial charge is 0.484 e. The number of para-hydroxylation sites is 1. The number of hydrogen-bond acceptors (Lipinski definition) is 2. The first-order valence-corrected chi connectivity index (χ1v) is 7.32. The second-order valence-corrected chi connectivity index (χ2v) is 4.85. The van der Waals surface area contributed by atoms with Gasteiger partial charge in [0.15, 0.2) is 6.61 Å². The van der Waals surface area contributed by atoms with Crippen molar-refractivity contribution in [1.82, 2.24) is 0 Å². The van der Waals surface area contributed by atoms with E-state index in [9.17, 15) is 4.79 Å². The van der Waals surface area contributed by atoms with Crippen LogP contribution < -0.4 is 10.1 Å². The minimum Gasteiger partial charge on any atom is -0.484 e. The Hall–Kier alpha value is -2.29. The van der Waals surface area contributed by atoms with Gasteiger partial charge in [0.05, 0.1) is 0 Å². The van der Waals surface area contributed by atoms with Crippen LogP contribution in [0.3, 0.4) is 0 Å². The maximum Gasteiger partial charge on any atom is 0.262 e. The number of rotatable bonds is 6. The van der Waals surface area contributed by atoms with Crippen molar-refractivity contribution in [2.75, 3.05) is 11.9 Å². The smallest absolute Gasteiger partial charge is 0.262 e. The Kier molecular flexibility index (Phi) is 5.38. The van der Waals surface area contributed by atoms with E-state index in [-0.39, 0.29) is 12.5 Å². The summed E-state index contributed by atoms with van der Waals surface area (Å²) < 4.78 is 5.54. The molecule has 0 spiro atoms. The topological polar surface area (TPSA) is 38.3 Å². The first kappa shape index (κ1) is 15.1. The molecule has 0 atom stereocenters. The summed E-state index contributed by atoms with van der Waals surface area (Å²) in [6, 6.07) is 15.6. The third-order valence-electron chi connectivity index (χ3n) is 3.35. The van der Waals surface area contributed by atoms with Crippen LogP contribution in [0.2, 0.25) is 0 Å². The van der Waals surface area contributed by atoms with Crippen molar-refractivity contribution in [3.05, 3.63) is 59.7 Å². The third-order valence-corrected chi connectivity index (χ3v) is 3.35. The van der Waals surface area contributed by atoms with E-state index in [1.54, 1.807) is 0 Å². The molecule has 0 aliphatic heterocycles. The first-order valence-electron chi connectivity index (χ1n) is 7.32. The van der Waals surface area contributed by atoms with Crippen molar-refractivity contribution in [2.24, 2.45) is 0 Å². The molecule has 0 fully saturated rings. The Balaban J connectivity index is 1.92. The van der Waals surface area contributed by atoms with Crippen molar-refractivity contribution in [2.45, 2.75) is 26.7 Å². The van der Waals surface area contributed by atoms with E-state index in [2.05, 4.69) is 19.2 Å². The molecule has 1 N–H and O–H groups in total. The lowest BCUT2D eigenvalue weighted by atomic mass is 10.1. The summed E-state index contributed by atoms with van der Waals surface area (Å²) in [5.41, 5.74) is 3.18. The molecule has 0 saturated heterocycles. The highest BCUT2D eigenvalue weighted by atomic mass is 16.5. The molecule has 0 radical (unpaired) electrons. The molecule has 0 bridgehead atoms. The minimum absolute atomic E-state index is 0.0191. The Bertz CT molecular complexity index is 608. The Morgan fingerprint density at radius 1 is 1.05 bits per heavy atom. The van der Waals surface area contributed by atoms with Crippen LogP contribution in [-0.4, -0.2) is 12.5 Å². The third kappa shape index (κ3) is 4.35. The van der Waals surface area contributed by atoms with Gasteiger partial charge in [0.25, 0.3) is 5.91 Å². The monoisotopic (exact) mass is 283 g/mol. The van der Waals surface area contributed by atoms with E-state index < -0.39 is 0 Å². The molecule has 0 aliphatic rings. The second-order valence-electron chi connectivity index (χ2n) is 4.85. The predicted molar refractivity (Wildman–Crippen MR) is 85.8 cm³/mol. The molecule has 0 heterocycles. The van der Waals surface area contributed by atoms with Crippen LogP contribution in [0.5, 0.6) is 5.75 Å². The molecule has 2 aromatic carbocycles. The van der Waals surface area contributed by atoms with Gasteiger partial charge in [-0.15, -0.1) is 0 Å². The minimum atomic E-state index is -0.141. The van der Waals surface area contributed by atoms with E-state index in [0.29, 0.717) is 0 Å². The normalized spacial score (nSPS) is 10.2. The number of nitrogens with one attached hydrogen (secondary N) is 1. The summed E-state index contributed by atoms with van der Waals surface area (Å²) in [6.45, 7) is 4.18. The predicted octanol–water partition coefficient (Wildman–Crippen LogP) is 3.83. The highest BCUT2D eigenvalue weighted by Gasteiger charge is 2.06. The Morgan fingerprint density at radius 2 is 1.86 bits per heavy atom. The molecule has 0 aliphatic carbocycles. The second kappa shape index (κ2) is 7.48. The van der Waals surface area contributed by atoms with Crippen LogP contribution in [0, 0.1) is 0 Å². The molecule has 0 aromatic heterocycles. The van der Waals surface area contributed by atoms with Crippen LogP contribution >= 0.6 is 0 Å². The zero-order valence-electron chi connectivity index (χ0n) is 12.6. The van der Waals surface area contributed by atoms with Crippen LogP contribution in [0.15, 0.2) is 48.5 Å². The average Bonchev–Trinajstić information content (AvgIpc) is 2.53. The summed E-state index contributed by atoms with van der Waals surface area (Å²) in [5.74, 6) is 0.589. The van der Waals surface area contributed by atoms with Crippen molar-refractivity contribution in [1.29, 1.82) is 0 Å². The van der Waals surface area contributed by atoms with E-state index in [1.165, 1.54) is 5.56 Å². The lowest BCUT2D eigenvalue weighted by Gasteiger charge is -2.11. The summed E-state index contributed by atoms with van der Waals surface area (Å²) in [5, 5.41) is 2.90. The van der Waals surface area contributed by atoms with Gasteiger partial charge in [-0.25, -0.2) is 0 Å². The summed E-state index contributed by atoms with van der Waals surface area (Å²) in [4.78, 5) is 12.0. The van der Waals surface area contributed by atoms with Crippen LogP contribution in [0.25, 0.3) is 0 Å². The molecule has 3 heteroatoms. The molecular formula is C18H21NO2. The lowest BCUT2D eigenvalue weighted by molar-refractivity contribution is -0.118. The SMILES string of the molecule is CCc1cccc(OCC(=O)Nc2ccccc2CC)c1. The molecular weight excluding hydrogens is 262 g/mol. The fourth-order valence-electron chi connectivity index (χ4n) is 2.14. The number of benzene rings is 2. The molecule has 21 heavy (non-hydrogen) atoms. The fraction of sp³-hybridized carbons (Fsp3) is 0.278. The number of carbonyl (C=O) groups excluding carboxylic acids is 1. The molecule has 0 saturated carbocycles. The van der Waals surface area contributed by atoms with Crippen LogP contribution in [0.1, 0.15) is 25.0 Å². The van der Waals surface area contributed by atoms with E-state index in [1.807, 2.05) is 48.5 Å². The summed E-state index contributed by atoms with van der Waals surface area (Å²) >= 11 is 0. The highest BCUT2D eigenvalue weighted by molar-refractivity contribution is 5.92. The first-order chi connectivity index (χ1) is 10.2. The number of ether oxygens (including phenoxy) is 1. The number of carbonyl (C=O) groups is 1. The van der Waals surface area contributed by atoms with Crippen molar-refractivity contribution < 1.29 is 9.53 Å². The maximum absolute atomic E-state index is 12.0. The Morgan fingerprint density at radius 3 is 2.62 bits per heavy atom. The zero-order valence-corrected chi connectivity index (χ0v) is 12.6. The summed E-state index contributed by atoms with van der Waals surface area (Å²) in [7, 11) is 0. The van der Waals surface area contributed by atoms with E-state index in [4.69, 9.17) is 4.74 Å². The van der Waals surface area contributed by atoms with Crippen LogP contribution in [0.4, 0.5) is 5.69 Å². The van der Waals surface area contributed by atoms with Gasteiger partial charge in [-0.05, 0) is 42.2 Å². The fourth-order valence-corrected chi connectivity index (χ4v) is 2.14. The number of amides is 1. The summed E-state index contributed by atoms with van der Waals surface area (Å²) in [6.07, 6.45) is 1.84. The standard InChI is InChI=1S/C18H21NO2/c1-3-14-8-7-10-16(12-14)21-13-18(20)19-17-11-6-5-9-15(17)4-2/h5-12H,3-4,13H2,1-2H3,(H,19,20). The van der Waals surface area contributed by atoms with Crippen molar-refractivity contribution in [3.8, 4) is 5.75 Å². The van der Waals surface area contributed by atoms with Gasteiger partial charge in [-0.1, -0.05) is 44.2 Å². The van der Waals surface area contributed by atoms with E-state index in [0.717, 1.165) is 29.8 Å². The lowest BCUT2D eigenvalue weighted by Crippen LogP contribution is -2.20. The molecule has 2 rings (SSSR count). The van der Waals surface area contributed by atoms with Crippen molar-refractivity contribution in [3.63, 3.8) is 0 Å². The molecule has 110 valence electrons. The van der Waals surface area contributed by atoms with Gasteiger partial charge in [-0.3, -0.25) is 4.79 Å². The molecule has 0 unspecified atom stereocenters. The quantitative estimate of drug-likeness (QED) is 0.875. The van der Waals surface area contributed by atoms with Crippen molar-refractivity contribution >= 4 is 11.6 Å². The highest BCUT2D eigenvalue weighted by Crippen LogP contribution is 2.16. The zero-order chi connectivity index (χ0) is 15.1. The number of anilines is 1. The number of hydrogen-bond donors (Lipinski definition) is 1. The Labute approximate surface area is 126 Å². The van der Waals surface area contributed by atoms with Crippen LogP contribution in [-0.2, 0) is 17.6 Å². The van der Waals surface area contributed by atoms with Gasteiger partial charge in [0.1, 0.15) is 5.75 Å². The average molecular weight is 283 g/mol. The van der Waals surface area contributed by atoms with Gasteiger partial charge in [-0.2, -0.15) is 0 Å². The molecule has 1 amide bonds. The number of aryl methyl sites for hydroxylation is 2.